The fourth-order valence-corrected chi connectivity index (χ4v) is 3.04. The topological polar surface area (TPSA) is 67.4 Å². The van der Waals surface area contributed by atoms with E-state index in [0.29, 0.717) is 19.7 Å². The molecule has 0 unspecified atom stereocenters. The second kappa shape index (κ2) is 8.36. The smallest absolute Gasteiger partial charge is 0.240 e. The van der Waals surface area contributed by atoms with Crippen LogP contribution in [0.15, 0.2) is 23.1 Å². The van der Waals surface area contributed by atoms with E-state index in [-0.39, 0.29) is 10.8 Å². The van der Waals surface area contributed by atoms with Crippen molar-refractivity contribution in [1.29, 1.82) is 0 Å². The Morgan fingerprint density at radius 1 is 1.24 bits per heavy atom. The molecule has 0 aromatic heterocycles. The van der Waals surface area contributed by atoms with Crippen molar-refractivity contribution in [2.45, 2.75) is 39.1 Å². The predicted molar refractivity (Wildman–Crippen MR) is 85.0 cm³/mol. The van der Waals surface area contributed by atoms with E-state index in [2.05, 4.69) is 10.0 Å². The highest BCUT2D eigenvalue weighted by Gasteiger charge is 2.16. The molecule has 120 valence electrons. The molecule has 0 bridgehead atoms. The van der Waals surface area contributed by atoms with Gasteiger partial charge in [-0.15, -0.1) is 0 Å². The van der Waals surface area contributed by atoms with E-state index >= 15 is 0 Å². The zero-order chi connectivity index (χ0) is 15.9. The number of sulfonamides is 1. The summed E-state index contributed by atoms with van der Waals surface area (Å²) in [7, 11) is -3.47. The van der Waals surface area contributed by atoms with Crippen LogP contribution < -0.4 is 14.8 Å². The van der Waals surface area contributed by atoms with Crippen molar-refractivity contribution in [2.75, 3.05) is 19.7 Å². The number of rotatable bonds is 9. The van der Waals surface area contributed by atoms with Crippen LogP contribution in [0, 0.1) is 5.92 Å². The summed E-state index contributed by atoms with van der Waals surface area (Å²) in [5.74, 6) is 0.991. The van der Waals surface area contributed by atoms with Gasteiger partial charge in [0.15, 0.2) is 0 Å². The lowest BCUT2D eigenvalue weighted by molar-refractivity contribution is 0.335. The highest BCUT2D eigenvalue weighted by molar-refractivity contribution is 7.89. The minimum absolute atomic E-state index is 0.267. The minimum atomic E-state index is -3.47. The molecular weight excluding hydrogens is 288 g/mol. The van der Waals surface area contributed by atoms with E-state index in [0.717, 1.165) is 17.9 Å². The molecule has 0 radical (unpaired) electrons. The second-order valence-electron chi connectivity index (χ2n) is 5.23. The monoisotopic (exact) mass is 314 g/mol. The van der Waals surface area contributed by atoms with Crippen LogP contribution in [0.1, 0.15) is 33.3 Å². The summed E-state index contributed by atoms with van der Waals surface area (Å²) in [6, 6.07) is 4.99. The molecule has 0 aliphatic heterocycles. The van der Waals surface area contributed by atoms with Crippen LogP contribution in [0.5, 0.6) is 5.75 Å². The Bertz CT molecular complexity index is 542. The van der Waals surface area contributed by atoms with Crippen molar-refractivity contribution >= 4 is 10.0 Å². The SMILES string of the molecule is CCNCc1cc(S(=O)(=O)NCC(C)C)ccc1OCC. The van der Waals surface area contributed by atoms with Crippen molar-refractivity contribution < 1.29 is 13.2 Å². The lowest BCUT2D eigenvalue weighted by atomic mass is 10.2. The minimum Gasteiger partial charge on any atom is -0.494 e. The molecular formula is C15H26N2O3S. The second-order valence-corrected chi connectivity index (χ2v) is 7.00. The van der Waals surface area contributed by atoms with E-state index in [1.165, 1.54) is 0 Å². The molecule has 1 aromatic rings. The van der Waals surface area contributed by atoms with Gasteiger partial charge < -0.3 is 10.1 Å². The first kappa shape index (κ1) is 17.9. The van der Waals surface area contributed by atoms with Crippen LogP contribution in [-0.2, 0) is 16.6 Å². The molecule has 0 amide bonds. The van der Waals surface area contributed by atoms with Gasteiger partial charge in [-0.2, -0.15) is 0 Å². The number of hydrogen-bond acceptors (Lipinski definition) is 4. The predicted octanol–water partition coefficient (Wildman–Crippen LogP) is 2.13. The van der Waals surface area contributed by atoms with Gasteiger partial charge in [0, 0.05) is 18.7 Å². The largest absolute Gasteiger partial charge is 0.494 e. The van der Waals surface area contributed by atoms with Gasteiger partial charge in [-0.1, -0.05) is 20.8 Å². The molecule has 0 spiro atoms. The Labute approximate surface area is 128 Å². The molecule has 0 aliphatic rings. The lowest BCUT2D eigenvalue weighted by Gasteiger charge is -2.14. The summed E-state index contributed by atoms with van der Waals surface area (Å²) in [6.07, 6.45) is 0. The molecule has 1 rings (SSSR count). The Morgan fingerprint density at radius 2 is 1.95 bits per heavy atom. The summed E-state index contributed by atoms with van der Waals surface area (Å²) in [5.41, 5.74) is 0.853. The third-order valence-electron chi connectivity index (χ3n) is 2.89. The van der Waals surface area contributed by atoms with Crippen LogP contribution in [0.3, 0.4) is 0 Å². The number of nitrogens with one attached hydrogen (secondary N) is 2. The van der Waals surface area contributed by atoms with Gasteiger partial charge in [0.25, 0.3) is 0 Å². The molecule has 0 aliphatic carbocycles. The molecule has 0 atom stereocenters. The van der Waals surface area contributed by atoms with Crippen molar-refractivity contribution in [2.24, 2.45) is 5.92 Å². The fraction of sp³-hybridized carbons (Fsp3) is 0.600. The zero-order valence-electron chi connectivity index (χ0n) is 13.3. The van der Waals surface area contributed by atoms with E-state index in [1.807, 2.05) is 27.7 Å². The van der Waals surface area contributed by atoms with Gasteiger partial charge in [-0.05, 0) is 37.6 Å². The van der Waals surface area contributed by atoms with Crippen LogP contribution in [0.25, 0.3) is 0 Å². The Kier molecular flexibility index (Phi) is 7.14. The molecule has 21 heavy (non-hydrogen) atoms. The summed E-state index contributed by atoms with van der Waals surface area (Å²) in [4.78, 5) is 0.277. The molecule has 5 nitrogen and oxygen atoms in total. The molecule has 0 saturated carbocycles. The first-order chi connectivity index (χ1) is 9.90. The molecule has 6 heteroatoms. The van der Waals surface area contributed by atoms with E-state index < -0.39 is 10.0 Å². The Morgan fingerprint density at radius 3 is 2.52 bits per heavy atom. The maximum Gasteiger partial charge on any atom is 0.240 e. The molecule has 1 aromatic carbocycles. The molecule has 0 fully saturated rings. The highest BCUT2D eigenvalue weighted by Crippen LogP contribution is 2.23. The fourth-order valence-electron chi connectivity index (χ4n) is 1.78. The zero-order valence-corrected chi connectivity index (χ0v) is 14.1. The van der Waals surface area contributed by atoms with Crippen molar-refractivity contribution in [3.05, 3.63) is 23.8 Å². The molecule has 2 N–H and O–H groups in total. The Hall–Kier alpha value is -1.11. The summed E-state index contributed by atoms with van der Waals surface area (Å²) < 4.78 is 32.7. The summed E-state index contributed by atoms with van der Waals surface area (Å²) in [5, 5.41) is 3.20. The molecule has 0 saturated heterocycles. The number of hydrogen-bond donors (Lipinski definition) is 2. The summed E-state index contributed by atoms with van der Waals surface area (Å²) >= 11 is 0. The van der Waals surface area contributed by atoms with Gasteiger partial charge in [0.05, 0.1) is 11.5 Å². The molecule has 0 heterocycles. The van der Waals surface area contributed by atoms with Crippen LogP contribution in [0.2, 0.25) is 0 Å². The Balaban J connectivity index is 3.02. The third kappa shape index (κ3) is 5.65. The van der Waals surface area contributed by atoms with Crippen molar-refractivity contribution in [3.8, 4) is 5.75 Å². The first-order valence-corrected chi connectivity index (χ1v) is 8.85. The maximum absolute atomic E-state index is 12.3. The van der Waals surface area contributed by atoms with Gasteiger partial charge in [0.1, 0.15) is 5.75 Å². The van der Waals surface area contributed by atoms with E-state index in [1.54, 1.807) is 18.2 Å². The van der Waals surface area contributed by atoms with Gasteiger partial charge in [-0.25, -0.2) is 13.1 Å². The number of benzene rings is 1. The maximum atomic E-state index is 12.3. The lowest BCUT2D eigenvalue weighted by Crippen LogP contribution is -2.27. The van der Waals surface area contributed by atoms with Crippen molar-refractivity contribution in [1.82, 2.24) is 10.0 Å². The van der Waals surface area contributed by atoms with Crippen molar-refractivity contribution in [3.63, 3.8) is 0 Å². The third-order valence-corrected chi connectivity index (χ3v) is 4.31. The van der Waals surface area contributed by atoms with E-state index in [4.69, 9.17) is 4.74 Å². The average Bonchev–Trinajstić information content (AvgIpc) is 2.44. The normalized spacial score (nSPS) is 11.9. The van der Waals surface area contributed by atoms with E-state index in [9.17, 15) is 8.42 Å². The average molecular weight is 314 g/mol. The van der Waals surface area contributed by atoms with Crippen LogP contribution >= 0.6 is 0 Å². The number of ether oxygens (including phenoxy) is 1. The standard InChI is InChI=1S/C15H26N2O3S/c1-5-16-11-13-9-14(7-8-15(13)20-6-2)21(18,19)17-10-12(3)4/h7-9,12,16-17H,5-6,10-11H2,1-4H3. The first-order valence-electron chi connectivity index (χ1n) is 7.36. The quantitative estimate of drug-likeness (QED) is 0.733. The summed E-state index contributed by atoms with van der Waals surface area (Å²) in [6.45, 7) is 10.2. The highest BCUT2D eigenvalue weighted by atomic mass is 32.2. The van der Waals surface area contributed by atoms with Gasteiger partial charge >= 0.3 is 0 Å². The van der Waals surface area contributed by atoms with Gasteiger partial charge in [0.2, 0.25) is 10.0 Å². The van der Waals surface area contributed by atoms with Crippen LogP contribution in [0.4, 0.5) is 0 Å². The van der Waals surface area contributed by atoms with Gasteiger partial charge in [-0.3, -0.25) is 0 Å². The van der Waals surface area contributed by atoms with Crippen LogP contribution in [-0.4, -0.2) is 28.1 Å².